The van der Waals surface area contributed by atoms with Gasteiger partial charge >= 0.3 is 16.8 Å². The van der Waals surface area contributed by atoms with Crippen molar-refractivity contribution in [3.8, 4) is 0 Å². The number of aromatic nitrogens is 4. The molecule has 0 aromatic carbocycles. The van der Waals surface area contributed by atoms with E-state index in [1.54, 1.807) is 0 Å². The van der Waals surface area contributed by atoms with Crippen LogP contribution in [0.3, 0.4) is 0 Å². The van der Waals surface area contributed by atoms with E-state index in [2.05, 4.69) is 120 Å². The molecule has 14 nitrogen and oxygen atoms in total. The predicted molar refractivity (Wildman–Crippen MR) is 199 cm³/mol. The van der Waals surface area contributed by atoms with Crippen LogP contribution in [0.25, 0.3) is 0 Å². The summed E-state index contributed by atoms with van der Waals surface area (Å²) in [6.07, 6.45) is 0. The first-order valence-corrected chi connectivity index (χ1v) is 16.0. The van der Waals surface area contributed by atoms with Crippen molar-refractivity contribution in [1.82, 2.24) is 39.5 Å². The summed E-state index contributed by atoms with van der Waals surface area (Å²) in [5, 5.41) is 0. The number of nitrogens with zero attached hydrogens (tertiary/aromatic N) is 8. The fraction of sp³-hybridized carbons (Fsp3) is 0.444. The maximum Gasteiger partial charge on any atom is 2.00 e. The number of pyridine rings is 4. The van der Waals surface area contributed by atoms with Gasteiger partial charge in [0.15, 0.2) is 0 Å². The van der Waals surface area contributed by atoms with Crippen LogP contribution in [0.5, 0.6) is 0 Å². The van der Waals surface area contributed by atoms with Crippen LogP contribution in [0, 0.1) is 27.7 Å². The van der Waals surface area contributed by atoms with Gasteiger partial charge in [0.1, 0.15) is 0 Å². The average molecular weight is 831 g/mol. The fourth-order valence-corrected chi connectivity index (χ4v) is 5.88. The molecule has 0 amide bonds. The Bertz CT molecular complexity index is 1280. The van der Waals surface area contributed by atoms with Crippen molar-refractivity contribution >= 4 is 0 Å². The number of halogens is 2. The summed E-state index contributed by atoms with van der Waals surface area (Å²) in [5.41, 5.74) is 8.80. The standard InChI is InChI=1S/C36H48N8.2ClH.Co.6H2O/c1-29-9-5-13-33(37-29)25-41-17-19-42(26-34-14-6-10-30(2)38-34)21-23-44(28-36-16-8-12-32(4)40-36)24-22-43(20-18-41)27-35-15-7-11-31(3)39-35;;;;;;;;;/h5-16H,17-28H2,1-4H3;2*1H;;6*1H2/q;;;+2;;;;;;/p-2. The molecule has 12 N–H and O–H groups in total. The molecule has 1 aliphatic heterocycles. The van der Waals surface area contributed by atoms with Crippen molar-refractivity contribution in [3.05, 3.63) is 118 Å². The SMILES string of the molecule is Cc1cccc(CN2CCN(Cc3cccc(C)n3)CCN(Cc3cccc(C)n3)CCN(Cc3cccc(C)n3)CC2)n1.O.O.O.O.O.O.[Cl-].[Cl-].[Co+2]. The molecule has 4 aromatic rings. The maximum atomic E-state index is 4.84. The topological polar surface area (TPSA) is 254 Å². The minimum Gasteiger partial charge on any atom is -1.00 e. The van der Waals surface area contributed by atoms with Gasteiger partial charge in [-0.05, 0) is 76.2 Å². The Labute approximate surface area is 337 Å². The number of rotatable bonds is 8. The summed E-state index contributed by atoms with van der Waals surface area (Å²) in [7, 11) is 0. The first-order chi connectivity index (χ1) is 21.4. The first-order valence-electron chi connectivity index (χ1n) is 16.0. The molecule has 0 saturated carbocycles. The van der Waals surface area contributed by atoms with Crippen molar-refractivity contribution in [2.75, 3.05) is 52.4 Å². The van der Waals surface area contributed by atoms with Crippen molar-refractivity contribution in [2.45, 2.75) is 53.9 Å². The van der Waals surface area contributed by atoms with Crippen molar-refractivity contribution in [1.29, 1.82) is 0 Å². The molecule has 0 aliphatic carbocycles. The van der Waals surface area contributed by atoms with Crippen LogP contribution >= 0.6 is 0 Å². The van der Waals surface area contributed by atoms with E-state index in [0.29, 0.717) is 0 Å². The van der Waals surface area contributed by atoms with Gasteiger partial charge in [-0.15, -0.1) is 0 Å². The van der Waals surface area contributed by atoms with Crippen molar-refractivity contribution < 1.29 is 74.5 Å². The molecule has 1 fully saturated rings. The molecule has 1 saturated heterocycles. The number of aryl methyl sites for hydroxylation is 4. The van der Waals surface area contributed by atoms with E-state index in [1.165, 1.54) is 0 Å². The third-order valence-electron chi connectivity index (χ3n) is 8.26. The smallest absolute Gasteiger partial charge is 1.00 e. The van der Waals surface area contributed by atoms with E-state index < -0.39 is 0 Å². The van der Waals surface area contributed by atoms with Gasteiger partial charge in [0.2, 0.25) is 0 Å². The Balaban J connectivity index is -0.000000853. The Morgan fingerprint density at radius 1 is 0.358 bits per heavy atom. The molecule has 17 heteroatoms. The van der Waals surface area contributed by atoms with E-state index in [0.717, 1.165) is 124 Å². The average Bonchev–Trinajstić information content (AvgIpc) is 2.98. The van der Waals surface area contributed by atoms with E-state index in [1.807, 2.05) is 0 Å². The summed E-state index contributed by atoms with van der Waals surface area (Å²) in [6.45, 7) is 19.4. The van der Waals surface area contributed by atoms with Crippen LogP contribution in [0.4, 0.5) is 0 Å². The number of hydrogen-bond acceptors (Lipinski definition) is 8. The normalized spacial score (nSPS) is 14.0. The van der Waals surface area contributed by atoms with Crippen LogP contribution in [-0.4, -0.2) is 125 Å². The van der Waals surface area contributed by atoms with Crippen LogP contribution < -0.4 is 24.8 Å². The van der Waals surface area contributed by atoms with Crippen molar-refractivity contribution in [2.24, 2.45) is 0 Å². The zero-order chi connectivity index (χ0) is 30.7. The van der Waals surface area contributed by atoms with Crippen LogP contribution in [-0.2, 0) is 43.0 Å². The third kappa shape index (κ3) is 20.5. The molecule has 0 bridgehead atoms. The minimum absolute atomic E-state index is 0. The second-order valence-electron chi connectivity index (χ2n) is 12.2. The van der Waals surface area contributed by atoms with Crippen LogP contribution in [0.2, 0.25) is 0 Å². The van der Waals surface area contributed by atoms with Gasteiger partial charge in [0.25, 0.3) is 0 Å². The monoisotopic (exact) mass is 829 g/mol. The quantitative estimate of drug-likeness (QED) is 0.165. The Hall–Kier alpha value is -2.71. The van der Waals surface area contributed by atoms with Crippen LogP contribution in [0.15, 0.2) is 72.8 Å². The number of hydrogen-bond donors (Lipinski definition) is 0. The third-order valence-corrected chi connectivity index (χ3v) is 8.26. The van der Waals surface area contributed by atoms with E-state index >= 15 is 0 Å². The summed E-state index contributed by atoms with van der Waals surface area (Å²) in [5.74, 6) is 0. The van der Waals surface area contributed by atoms with Gasteiger partial charge < -0.3 is 57.7 Å². The molecule has 1 aliphatic rings. The van der Waals surface area contributed by atoms with Crippen LogP contribution in [0.1, 0.15) is 45.6 Å². The second kappa shape index (κ2) is 30.6. The molecule has 4 aromatic heterocycles. The van der Waals surface area contributed by atoms with Gasteiger partial charge in [-0.1, -0.05) is 24.3 Å². The fourth-order valence-electron chi connectivity index (χ4n) is 5.88. The van der Waals surface area contributed by atoms with Gasteiger partial charge in [-0.3, -0.25) is 39.5 Å². The molecule has 5 rings (SSSR count). The summed E-state index contributed by atoms with van der Waals surface area (Å²) >= 11 is 0. The Kier molecular flexibility index (Phi) is 34.4. The van der Waals surface area contributed by atoms with E-state index in [9.17, 15) is 0 Å². The maximum absolute atomic E-state index is 4.84. The zero-order valence-corrected chi connectivity index (χ0v) is 33.6. The van der Waals surface area contributed by atoms with E-state index in [-0.39, 0.29) is 74.5 Å². The van der Waals surface area contributed by atoms with Gasteiger partial charge in [-0.25, -0.2) is 0 Å². The van der Waals surface area contributed by atoms with E-state index in [4.69, 9.17) is 19.9 Å². The molecule has 0 atom stereocenters. The Morgan fingerprint density at radius 3 is 0.679 bits per heavy atom. The zero-order valence-electron chi connectivity index (χ0n) is 31.1. The molecule has 1 radical (unpaired) electrons. The summed E-state index contributed by atoms with van der Waals surface area (Å²) in [4.78, 5) is 29.7. The minimum atomic E-state index is 0. The Morgan fingerprint density at radius 2 is 0.528 bits per heavy atom. The molecular formula is C36H60Cl2CoN8O6. The molecule has 5 heterocycles. The molecular weight excluding hydrogens is 770 g/mol. The largest absolute Gasteiger partial charge is 2.00 e. The van der Waals surface area contributed by atoms with Gasteiger partial charge in [-0.2, -0.15) is 0 Å². The molecule has 53 heavy (non-hydrogen) atoms. The molecule has 303 valence electrons. The summed E-state index contributed by atoms with van der Waals surface area (Å²) < 4.78 is 0. The van der Waals surface area contributed by atoms with Gasteiger partial charge in [0.05, 0.1) is 22.8 Å². The summed E-state index contributed by atoms with van der Waals surface area (Å²) in [6, 6.07) is 25.4. The predicted octanol–water partition coefficient (Wildman–Crippen LogP) is -6.12. The van der Waals surface area contributed by atoms with Gasteiger partial charge in [0, 0.05) is 101 Å². The molecule has 0 spiro atoms. The van der Waals surface area contributed by atoms with Crippen molar-refractivity contribution in [3.63, 3.8) is 0 Å². The molecule has 0 unspecified atom stereocenters. The first kappa shape index (κ1) is 59.6. The second-order valence-corrected chi connectivity index (χ2v) is 12.2.